The third kappa shape index (κ3) is 3.34. The SMILES string of the molecule is C/C=C/COC(=O)c1ccc(-n2nc(C)c(Cl)c2C)cc1. The van der Waals surface area contributed by atoms with Crippen molar-refractivity contribution >= 4 is 17.6 Å². The first kappa shape index (κ1) is 15.3. The van der Waals surface area contributed by atoms with Crippen molar-refractivity contribution in [1.29, 1.82) is 0 Å². The van der Waals surface area contributed by atoms with E-state index >= 15 is 0 Å². The van der Waals surface area contributed by atoms with Crippen LogP contribution in [0.1, 0.15) is 28.7 Å². The number of ether oxygens (including phenoxy) is 1. The van der Waals surface area contributed by atoms with E-state index in [4.69, 9.17) is 16.3 Å². The Labute approximate surface area is 129 Å². The number of benzene rings is 1. The van der Waals surface area contributed by atoms with Crippen LogP contribution in [0.25, 0.3) is 5.69 Å². The summed E-state index contributed by atoms with van der Waals surface area (Å²) in [5.74, 6) is -0.342. The topological polar surface area (TPSA) is 44.1 Å². The summed E-state index contributed by atoms with van der Waals surface area (Å²) in [6.07, 6.45) is 3.62. The monoisotopic (exact) mass is 304 g/mol. The minimum atomic E-state index is -0.342. The molecule has 0 N–H and O–H groups in total. The standard InChI is InChI=1S/C16H17ClN2O2/c1-4-5-10-21-16(20)13-6-8-14(9-7-13)19-12(3)15(17)11(2)18-19/h4-9H,10H2,1-3H3/b5-4+. The Morgan fingerprint density at radius 2 is 2.00 bits per heavy atom. The predicted molar refractivity (Wildman–Crippen MR) is 83.1 cm³/mol. The molecule has 0 amide bonds. The van der Waals surface area contributed by atoms with Gasteiger partial charge in [-0.1, -0.05) is 23.8 Å². The van der Waals surface area contributed by atoms with Gasteiger partial charge in [0, 0.05) is 0 Å². The Hall–Kier alpha value is -2.07. The number of esters is 1. The lowest BCUT2D eigenvalue weighted by Gasteiger charge is -2.06. The summed E-state index contributed by atoms with van der Waals surface area (Å²) < 4.78 is 6.85. The van der Waals surface area contributed by atoms with E-state index in [1.165, 1.54) is 0 Å². The Kier molecular flexibility index (Phi) is 4.81. The molecule has 4 nitrogen and oxygen atoms in total. The zero-order valence-electron chi connectivity index (χ0n) is 12.3. The fourth-order valence-corrected chi connectivity index (χ4v) is 2.03. The highest BCUT2D eigenvalue weighted by Crippen LogP contribution is 2.22. The highest BCUT2D eigenvalue weighted by atomic mass is 35.5. The van der Waals surface area contributed by atoms with Gasteiger partial charge in [0.05, 0.1) is 27.7 Å². The molecule has 0 aliphatic carbocycles. The molecule has 0 aliphatic heterocycles. The number of nitrogens with zero attached hydrogens (tertiary/aromatic N) is 2. The second-order valence-corrected chi connectivity index (χ2v) is 4.99. The van der Waals surface area contributed by atoms with Gasteiger partial charge < -0.3 is 4.74 Å². The minimum absolute atomic E-state index is 0.282. The van der Waals surface area contributed by atoms with Gasteiger partial charge in [-0.2, -0.15) is 5.10 Å². The van der Waals surface area contributed by atoms with Gasteiger partial charge in [-0.25, -0.2) is 9.48 Å². The summed E-state index contributed by atoms with van der Waals surface area (Å²) in [5, 5.41) is 5.03. The van der Waals surface area contributed by atoms with Crippen LogP contribution in [0.5, 0.6) is 0 Å². The average molecular weight is 305 g/mol. The molecule has 21 heavy (non-hydrogen) atoms. The van der Waals surface area contributed by atoms with Crippen molar-refractivity contribution in [3.05, 3.63) is 58.4 Å². The molecule has 0 atom stereocenters. The van der Waals surface area contributed by atoms with Gasteiger partial charge in [-0.3, -0.25) is 0 Å². The van der Waals surface area contributed by atoms with Gasteiger partial charge in [0.25, 0.3) is 0 Å². The number of hydrogen-bond donors (Lipinski definition) is 0. The van der Waals surface area contributed by atoms with Crippen LogP contribution in [0.3, 0.4) is 0 Å². The fraction of sp³-hybridized carbons (Fsp3) is 0.250. The molecule has 0 saturated carbocycles. The summed E-state index contributed by atoms with van der Waals surface area (Å²) >= 11 is 6.14. The molecule has 1 aromatic carbocycles. The van der Waals surface area contributed by atoms with Crippen LogP contribution in [-0.4, -0.2) is 22.4 Å². The number of allylic oxidation sites excluding steroid dienone is 1. The van der Waals surface area contributed by atoms with E-state index in [-0.39, 0.29) is 12.6 Å². The number of carbonyl (C=O) groups is 1. The average Bonchev–Trinajstić information content (AvgIpc) is 2.75. The molecule has 0 unspecified atom stereocenters. The van der Waals surface area contributed by atoms with E-state index in [0.29, 0.717) is 10.6 Å². The molecule has 110 valence electrons. The molecule has 1 aromatic heterocycles. The maximum absolute atomic E-state index is 11.8. The van der Waals surface area contributed by atoms with Gasteiger partial charge >= 0.3 is 5.97 Å². The quantitative estimate of drug-likeness (QED) is 0.636. The largest absolute Gasteiger partial charge is 0.458 e. The second-order valence-electron chi connectivity index (χ2n) is 4.61. The van der Waals surface area contributed by atoms with Gasteiger partial charge in [0.1, 0.15) is 6.61 Å². The lowest BCUT2D eigenvalue weighted by Crippen LogP contribution is -2.06. The molecule has 0 spiro atoms. The van der Waals surface area contributed by atoms with Crippen LogP contribution in [0.4, 0.5) is 0 Å². The Bertz CT molecular complexity index is 672. The van der Waals surface area contributed by atoms with Crippen molar-refractivity contribution in [3.8, 4) is 5.69 Å². The minimum Gasteiger partial charge on any atom is -0.458 e. The third-order valence-electron chi connectivity index (χ3n) is 3.10. The zero-order valence-corrected chi connectivity index (χ0v) is 13.0. The lowest BCUT2D eigenvalue weighted by atomic mass is 10.2. The van der Waals surface area contributed by atoms with Crippen molar-refractivity contribution in [2.45, 2.75) is 20.8 Å². The fourth-order valence-electron chi connectivity index (χ4n) is 1.92. The molecule has 2 rings (SSSR count). The van der Waals surface area contributed by atoms with Crippen LogP contribution < -0.4 is 0 Å². The molecule has 0 saturated heterocycles. The highest BCUT2D eigenvalue weighted by molar-refractivity contribution is 6.31. The number of aryl methyl sites for hydroxylation is 1. The normalized spacial score (nSPS) is 11.0. The Balaban J connectivity index is 2.19. The Morgan fingerprint density at radius 1 is 1.33 bits per heavy atom. The summed E-state index contributed by atoms with van der Waals surface area (Å²) in [7, 11) is 0. The van der Waals surface area contributed by atoms with E-state index in [1.807, 2.05) is 39.0 Å². The van der Waals surface area contributed by atoms with Crippen molar-refractivity contribution in [3.63, 3.8) is 0 Å². The van der Waals surface area contributed by atoms with Gasteiger partial charge in [0.2, 0.25) is 0 Å². The summed E-state index contributed by atoms with van der Waals surface area (Å²) in [4.78, 5) is 11.8. The summed E-state index contributed by atoms with van der Waals surface area (Å²) in [5.41, 5.74) is 3.02. The van der Waals surface area contributed by atoms with Crippen molar-refractivity contribution < 1.29 is 9.53 Å². The molecule has 0 bridgehead atoms. The van der Waals surface area contributed by atoms with E-state index in [0.717, 1.165) is 17.1 Å². The first-order chi connectivity index (χ1) is 10.0. The molecule has 2 aromatic rings. The lowest BCUT2D eigenvalue weighted by molar-refractivity contribution is 0.0549. The van der Waals surface area contributed by atoms with Crippen molar-refractivity contribution in [2.24, 2.45) is 0 Å². The number of halogens is 1. The molecule has 0 aliphatic rings. The number of aromatic nitrogens is 2. The molecular weight excluding hydrogens is 288 g/mol. The molecule has 0 radical (unpaired) electrons. The maximum atomic E-state index is 11.8. The smallest absolute Gasteiger partial charge is 0.338 e. The first-order valence-corrected chi connectivity index (χ1v) is 7.02. The van der Waals surface area contributed by atoms with Crippen LogP contribution in [0.15, 0.2) is 36.4 Å². The molecular formula is C16H17ClN2O2. The van der Waals surface area contributed by atoms with Gasteiger partial charge in [-0.05, 0) is 45.0 Å². The second kappa shape index (κ2) is 6.59. The van der Waals surface area contributed by atoms with E-state index in [9.17, 15) is 4.79 Å². The predicted octanol–water partition coefficient (Wildman–Crippen LogP) is 3.88. The number of carbonyl (C=O) groups excluding carboxylic acids is 1. The van der Waals surface area contributed by atoms with E-state index in [2.05, 4.69) is 5.10 Å². The molecule has 0 fully saturated rings. The third-order valence-corrected chi connectivity index (χ3v) is 3.64. The van der Waals surface area contributed by atoms with Crippen molar-refractivity contribution in [2.75, 3.05) is 6.61 Å². The summed E-state index contributed by atoms with van der Waals surface area (Å²) in [6.45, 7) is 5.92. The van der Waals surface area contributed by atoms with Crippen molar-refractivity contribution in [1.82, 2.24) is 9.78 Å². The van der Waals surface area contributed by atoms with Crippen LogP contribution in [-0.2, 0) is 4.74 Å². The summed E-state index contributed by atoms with van der Waals surface area (Å²) in [6, 6.07) is 7.08. The maximum Gasteiger partial charge on any atom is 0.338 e. The van der Waals surface area contributed by atoms with Crippen LogP contribution >= 0.6 is 11.6 Å². The van der Waals surface area contributed by atoms with Gasteiger partial charge in [-0.15, -0.1) is 0 Å². The number of hydrogen-bond acceptors (Lipinski definition) is 3. The first-order valence-electron chi connectivity index (χ1n) is 6.65. The zero-order chi connectivity index (χ0) is 15.4. The van der Waals surface area contributed by atoms with Crippen LogP contribution in [0, 0.1) is 13.8 Å². The molecule has 5 heteroatoms. The van der Waals surface area contributed by atoms with Crippen LogP contribution in [0.2, 0.25) is 5.02 Å². The van der Waals surface area contributed by atoms with E-state index in [1.54, 1.807) is 22.9 Å². The van der Waals surface area contributed by atoms with E-state index < -0.39 is 0 Å². The van der Waals surface area contributed by atoms with Gasteiger partial charge in [0.15, 0.2) is 0 Å². The highest BCUT2D eigenvalue weighted by Gasteiger charge is 2.12. The Morgan fingerprint density at radius 3 is 2.52 bits per heavy atom. The molecule has 1 heterocycles. The number of rotatable bonds is 4.